The fraction of sp³-hybridized carbons (Fsp3) is 0.250. The van der Waals surface area contributed by atoms with Crippen molar-refractivity contribution in [3.63, 3.8) is 0 Å². The molecule has 1 N–H and O–H groups in total. The second kappa shape index (κ2) is 7.36. The first-order chi connectivity index (χ1) is 13.1. The maximum Gasteiger partial charge on any atom is 0.270 e. The van der Waals surface area contributed by atoms with E-state index in [2.05, 4.69) is 22.3 Å². The number of rotatable bonds is 5. The van der Waals surface area contributed by atoms with Gasteiger partial charge in [0.05, 0.1) is 9.80 Å². The van der Waals surface area contributed by atoms with Crippen LogP contribution >= 0.6 is 11.3 Å². The zero-order valence-corrected chi connectivity index (χ0v) is 15.5. The predicted octanol–water partition coefficient (Wildman–Crippen LogP) is 4.34. The molecule has 138 valence electrons. The van der Waals surface area contributed by atoms with Crippen LogP contribution in [0.5, 0.6) is 0 Å². The number of nitro benzene ring substituents is 1. The lowest BCUT2D eigenvalue weighted by Crippen LogP contribution is -2.22. The molecule has 1 aromatic heterocycles. The van der Waals surface area contributed by atoms with Gasteiger partial charge in [0.25, 0.3) is 11.6 Å². The van der Waals surface area contributed by atoms with Crippen molar-refractivity contribution in [2.75, 3.05) is 18.0 Å². The van der Waals surface area contributed by atoms with Gasteiger partial charge < -0.3 is 10.2 Å². The Kier molecular flexibility index (Phi) is 4.77. The monoisotopic (exact) mass is 381 g/mol. The molecule has 0 unspecified atom stereocenters. The second-order valence-electron chi connectivity index (χ2n) is 6.63. The minimum Gasteiger partial charge on any atom is -0.372 e. The van der Waals surface area contributed by atoms with E-state index in [0.29, 0.717) is 16.8 Å². The van der Waals surface area contributed by atoms with Crippen molar-refractivity contribution in [3.05, 3.63) is 69.1 Å². The molecule has 0 bridgehead atoms. The van der Waals surface area contributed by atoms with Crippen LogP contribution in [0, 0.1) is 10.1 Å². The third-order valence-electron chi connectivity index (χ3n) is 4.80. The number of nitro groups is 1. The molecule has 4 rings (SSSR count). The lowest BCUT2D eigenvalue weighted by molar-refractivity contribution is -0.384. The summed E-state index contributed by atoms with van der Waals surface area (Å²) in [6.07, 6.45) is 2.49. The molecule has 1 saturated heterocycles. The van der Waals surface area contributed by atoms with Crippen LogP contribution in [0.1, 0.15) is 28.1 Å². The van der Waals surface area contributed by atoms with Crippen LogP contribution in [0.25, 0.3) is 10.1 Å². The van der Waals surface area contributed by atoms with E-state index in [-0.39, 0.29) is 11.6 Å². The number of fused-ring (bicyclic) bond motifs is 1. The van der Waals surface area contributed by atoms with Gasteiger partial charge in [-0.1, -0.05) is 12.1 Å². The van der Waals surface area contributed by atoms with Gasteiger partial charge in [0.2, 0.25) is 0 Å². The van der Waals surface area contributed by atoms with E-state index in [1.165, 1.54) is 42.0 Å². The molecule has 0 aliphatic carbocycles. The fourth-order valence-electron chi connectivity index (χ4n) is 3.33. The first kappa shape index (κ1) is 17.5. The number of hydrogen-bond acceptors (Lipinski definition) is 5. The van der Waals surface area contributed by atoms with Crippen molar-refractivity contribution in [1.82, 2.24) is 5.32 Å². The van der Waals surface area contributed by atoms with E-state index in [4.69, 9.17) is 0 Å². The summed E-state index contributed by atoms with van der Waals surface area (Å²) in [6, 6.07) is 14.6. The van der Waals surface area contributed by atoms with Crippen LogP contribution < -0.4 is 10.2 Å². The molecule has 2 aromatic carbocycles. The van der Waals surface area contributed by atoms with E-state index >= 15 is 0 Å². The molecule has 6 nitrogen and oxygen atoms in total. The first-order valence-electron chi connectivity index (χ1n) is 8.90. The topological polar surface area (TPSA) is 75.5 Å². The molecule has 2 heterocycles. The Hall–Kier alpha value is -2.93. The summed E-state index contributed by atoms with van der Waals surface area (Å²) >= 11 is 1.34. The summed E-state index contributed by atoms with van der Waals surface area (Å²) in [7, 11) is 0. The number of nitrogens with zero attached hydrogens (tertiary/aromatic N) is 2. The Morgan fingerprint density at radius 3 is 2.56 bits per heavy atom. The SMILES string of the molecule is O=C(NCc1ccc(N2CCCC2)cc1)c1cc2cc([N+](=O)[O-])ccc2s1. The van der Waals surface area contributed by atoms with Gasteiger partial charge in [-0.3, -0.25) is 14.9 Å². The number of amides is 1. The lowest BCUT2D eigenvalue weighted by atomic mass is 10.2. The van der Waals surface area contributed by atoms with Crippen LogP contribution in [0.2, 0.25) is 0 Å². The molecule has 1 aliphatic heterocycles. The van der Waals surface area contributed by atoms with Crippen molar-refractivity contribution in [2.24, 2.45) is 0 Å². The average Bonchev–Trinajstić information content (AvgIpc) is 3.35. The van der Waals surface area contributed by atoms with Gasteiger partial charge in [-0.15, -0.1) is 11.3 Å². The predicted molar refractivity (Wildman–Crippen MR) is 108 cm³/mol. The van der Waals surface area contributed by atoms with E-state index in [1.807, 2.05) is 12.1 Å². The Morgan fingerprint density at radius 2 is 1.85 bits per heavy atom. The maximum atomic E-state index is 12.4. The van der Waals surface area contributed by atoms with E-state index in [1.54, 1.807) is 12.1 Å². The van der Waals surface area contributed by atoms with Crippen molar-refractivity contribution >= 4 is 38.7 Å². The largest absolute Gasteiger partial charge is 0.372 e. The fourth-order valence-corrected chi connectivity index (χ4v) is 4.29. The maximum absolute atomic E-state index is 12.4. The minimum atomic E-state index is -0.428. The van der Waals surface area contributed by atoms with Crippen LogP contribution in [0.15, 0.2) is 48.5 Å². The molecule has 3 aromatic rings. The Labute approximate surface area is 160 Å². The molecule has 0 atom stereocenters. The van der Waals surface area contributed by atoms with Crippen molar-refractivity contribution < 1.29 is 9.72 Å². The second-order valence-corrected chi connectivity index (χ2v) is 7.72. The number of hydrogen-bond donors (Lipinski definition) is 1. The van der Waals surface area contributed by atoms with Gasteiger partial charge in [0, 0.05) is 47.5 Å². The number of non-ortho nitro benzene ring substituents is 1. The number of carbonyl (C=O) groups excluding carboxylic acids is 1. The average molecular weight is 381 g/mol. The molecular formula is C20H19N3O3S. The zero-order chi connectivity index (χ0) is 18.8. The quantitative estimate of drug-likeness (QED) is 0.527. The Morgan fingerprint density at radius 1 is 1.11 bits per heavy atom. The van der Waals surface area contributed by atoms with E-state index < -0.39 is 4.92 Å². The van der Waals surface area contributed by atoms with Gasteiger partial charge in [-0.05, 0) is 42.7 Å². The summed E-state index contributed by atoms with van der Waals surface area (Å²) in [5.41, 5.74) is 2.31. The number of carbonyl (C=O) groups is 1. The molecule has 1 fully saturated rings. The summed E-state index contributed by atoms with van der Waals surface area (Å²) in [5, 5.41) is 14.5. The molecular weight excluding hydrogens is 362 g/mol. The van der Waals surface area contributed by atoms with Gasteiger partial charge in [0.15, 0.2) is 0 Å². The smallest absolute Gasteiger partial charge is 0.270 e. The van der Waals surface area contributed by atoms with Crippen molar-refractivity contribution in [1.29, 1.82) is 0 Å². The highest BCUT2D eigenvalue weighted by Crippen LogP contribution is 2.29. The summed E-state index contributed by atoms with van der Waals surface area (Å²) in [5.74, 6) is -0.164. The lowest BCUT2D eigenvalue weighted by Gasteiger charge is -2.17. The van der Waals surface area contributed by atoms with E-state index in [0.717, 1.165) is 23.4 Å². The van der Waals surface area contributed by atoms with Gasteiger partial charge >= 0.3 is 0 Å². The van der Waals surface area contributed by atoms with Crippen LogP contribution in [-0.4, -0.2) is 23.9 Å². The number of anilines is 1. The number of benzene rings is 2. The molecule has 0 radical (unpaired) electrons. The first-order valence-corrected chi connectivity index (χ1v) is 9.72. The van der Waals surface area contributed by atoms with Gasteiger partial charge in [-0.2, -0.15) is 0 Å². The summed E-state index contributed by atoms with van der Waals surface area (Å²) < 4.78 is 0.862. The molecule has 27 heavy (non-hydrogen) atoms. The van der Waals surface area contributed by atoms with Crippen molar-refractivity contribution in [2.45, 2.75) is 19.4 Å². The van der Waals surface area contributed by atoms with Gasteiger partial charge in [0.1, 0.15) is 0 Å². The number of nitrogens with one attached hydrogen (secondary N) is 1. The number of thiophene rings is 1. The van der Waals surface area contributed by atoms with Crippen LogP contribution in [-0.2, 0) is 6.54 Å². The van der Waals surface area contributed by atoms with Crippen LogP contribution in [0.3, 0.4) is 0 Å². The third-order valence-corrected chi connectivity index (χ3v) is 5.91. The Bertz CT molecular complexity index is 991. The highest BCUT2D eigenvalue weighted by molar-refractivity contribution is 7.20. The zero-order valence-electron chi connectivity index (χ0n) is 14.7. The molecule has 1 aliphatic rings. The summed E-state index contributed by atoms with van der Waals surface area (Å²) in [6.45, 7) is 2.67. The third kappa shape index (κ3) is 3.78. The highest BCUT2D eigenvalue weighted by atomic mass is 32.1. The molecule has 0 spiro atoms. The molecule has 0 saturated carbocycles. The summed E-state index contributed by atoms with van der Waals surface area (Å²) in [4.78, 5) is 25.8. The van der Waals surface area contributed by atoms with E-state index in [9.17, 15) is 14.9 Å². The standard InChI is InChI=1S/C20H19N3O3S/c24-20(19-12-15-11-17(23(25)26)7-8-18(15)27-19)21-13-14-3-5-16(6-4-14)22-9-1-2-10-22/h3-8,11-12H,1-2,9-10,13H2,(H,21,24). The minimum absolute atomic E-state index is 0.0327. The van der Waals surface area contributed by atoms with Gasteiger partial charge in [-0.25, -0.2) is 0 Å². The molecule has 7 heteroatoms. The van der Waals surface area contributed by atoms with Crippen LogP contribution in [0.4, 0.5) is 11.4 Å². The van der Waals surface area contributed by atoms with Crippen molar-refractivity contribution in [3.8, 4) is 0 Å². The Balaban J connectivity index is 1.41. The normalized spacial score (nSPS) is 13.9. The molecule has 1 amide bonds. The highest BCUT2D eigenvalue weighted by Gasteiger charge is 2.14.